The van der Waals surface area contributed by atoms with Crippen LogP contribution in [0.5, 0.6) is 0 Å². The average molecular weight is 169 g/mol. The van der Waals surface area contributed by atoms with E-state index in [1.54, 1.807) is 6.20 Å². The Bertz CT molecular complexity index is 208. The fourth-order valence-electron chi connectivity index (χ4n) is 1.19. The second kappa shape index (κ2) is 4.21. The number of aliphatic hydroxyl groups is 1. The molecule has 0 saturated carbocycles. The second-order valence-corrected chi connectivity index (χ2v) is 3.45. The number of aromatic nitrogens is 3. The van der Waals surface area contributed by atoms with Gasteiger partial charge in [-0.3, -0.25) is 5.10 Å². The van der Waals surface area contributed by atoms with Crippen LogP contribution in [0.2, 0.25) is 0 Å². The predicted octanol–water partition coefficient (Wildman–Crippen LogP) is 0.754. The van der Waals surface area contributed by atoms with Gasteiger partial charge in [0.15, 0.2) is 0 Å². The van der Waals surface area contributed by atoms with Crippen LogP contribution in [0.4, 0.5) is 0 Å². The van der Waals surface area contributed by atoms with Crippen molar-refractivity contribution < 1.29 is 5.11 Å². The van der Waals surface area contributed by atoms with Crippen LogP contribution in [0, 0.1) is 5.92 Å². The maximum atomic E-state index is 9.51. The molecule has 1 heterocycles. The summed E-state index contributed by atoms with van der Waals surface area (Å²) >= 11 is 0. The number of hydrogen-bond acceptors (Lipinski definition) is 3. The molecule has 1 aromatic rings. The van der Waals surface area contributed by atoms with Crippen molar-refractivity contribution in [1.82, 2.24) is 15.4 Å². The third-order valence-corrected chi connectivity index (χ3v) is 1.66. The molecule has 0 saturated heterocycles. The Morgan fingerprint density at radius 2 is 2.33 bits per heavy atom. The Kier molecular flexibility index (Phi) is 3.22. The summed E-state index contributed by atoms with van der Waals surface area (Å²) in [6.45, 7) is 4.18. The molecule has 0 amide bonds. The highest BCUT2D eigenvalue weighted by molar-refractivity contribution is 4.92. The number of aliphatic hydroxyl groups excluding tert-OH is 1. The van der Waals surface area contributed by atoms with Gasteiger partial charge >= 0.3 is 0 Å². The number of hydrogen-bond donors (Lipinski definition) is 2. The smallest absolute Gasteiger partial charge is 0.0850 e. The van der Waals surface area contributed by atoms with E-state index in [9.17, 15) is 5.11 Å². The van der Waals surface area contributed by atoms with Crippen molar-refractivity contribution >= 4 is 0 Å². The second-order valence-electron chi connectivity index (χ2n) is 3.45. The fourth-order valence-corrected chi connectivity index (χ4v) is 1.19. The lowest BCUT2D eigenvalue weighted by molar-refractivity contribution is 0.148. The third-order valence-electron chi connectivity index (χ3n) is 1.66. The lowest BCUT2D eigenvalue weighted by atomic mass is 10.0. The minimum atomic E-state index is -0.296. The molecule has 1 aromatic heterocycles. The topological polar surface area (TPSA) is 61.8 Å². The molecule has 4 heteroatoms. The van der Waals surface area contributed by atoms with Crippen LogP contribution in [0.1, 0.15) is 26.0 Å². The van der Waals surface area contributed by atoms with E-state index in [1.807, 2.05) is 0 Å². The van der Waals surface area contributed by atoms with Crippen molar-refractivity contribution in [2.24, 2.45) is 5.92 Å². The molecular formula is C8H15N3O. The molecule has 68 valence electrons. The maximum Gasteiger partial charge on any atom is 0.0850 e. The summed E-state index contributed by atoms with van der Waals surface area (Å²) in [5.41, 5.74) is 0.822. The molecule has 4 nitrogen and oxygen atoms in total. The summed E-state index contributed by atoms with van der Waals surface area (Å²) in [6, 6.07) is 0. The van der Waals surface area contributed by atoms with E-state index in [4.69, 9.17) is 0 Å². The van der Waals surface area contributed by atoms with Gasteiger partial charge in [0.05, 0.1) is 11.8 Å². The van der Waals surface area contributed by atoms with E-state index in [-0.39, 0.29) is 6.10 Å². The van der Waals surface area contributed by atoms with Crippen LogP contribution in [0.15, 0.2) is 6.20 Å². The SMILES string of the molecule is CC(C)CC(O)Cc1c[nH]nn1. The van der Waals surface area contributed by atoms with Crippen molar-refractivity contribution in [2.45, 2.75) is 32.8 Å². The van der Waals surface area contributed by atoms with E-state index in [1.165, 1.54) is 0 Å². The van der Waals surface area contributed by atoms with Crippen LogP contribution in [0.3, 0.4) is 0 Å². The lowest BCUT2D eigenvalue weighted by Crippen LogP contribution is -2.13. The summed E-state index contributed by atoms with van der Waals surface area (Å²) in [7, 11) is 0. The van der Waals surface area contributed by atoms with Crippen LogP contribution in [-0.4, -0.2) is 26.6 Å². The minimum absolute atomic E-state index is 0.296. The number of nitrogens with zero attached hydrogens (tertiary/aromatic N) is 2. The maximum absolute atomic E-state index is 9.51. The first-order chi connectivity index (χ1) is 5.68. The molecule has 1 rings (SSSR count). The van der Waals surface area contributed by atoms with Gasteiger partial charge in [-0.05, 0) is 12.3 Å². The fraction of sp³-hybridized carbons (Fsp3) is 0.750. The van der Waals surface area contributed by atoms with Crippen LogP contribution in [-0.2, 0) is 6.42 Å². The first-order valence-electron chi connectivity index (χ1n) is 4.22. The highest BCUT2D eigenvalue weighted by atomic mass is 16.3. The Labute approximate surface area is 72.0 Å². The first kappa shape index (κ1) is 9.19. The molecule has 0 spiro atoms. The van der Waals surface area contributed by atoms with Crippen molar-refractivity contribution in [1.29, 1.82) is 0 Å². The summed E-state index contributed by atoms with van der Waals surface area (Å²) in [4.78, 5) is 0. The van der Waals surface area contributed by atoms with Crippen LogP contribution in [0.25, 0.3) is 0 Å². The van der Waals surface area contributed by atoms with E-state index >= 15 is 0 Å². The van der Waals surface area contributed by atoms with Gasteiger partial charge in [0.1, 0.15) is 0 Å². The largest absolute Gasteiger partial charge is 0.393 e. The predicted molar refractivity (Wildman–Crippen MR) is 45.5 cm³/mol. The first-order valence-corrected chi connectivity index (χ1v) is 4.22. The standard InChI is InChI=1S/C8H15N3O/c1-6(2)3-8(12)4-7-5-9-11-10-7/h5-6,8,12H,3-4H2,1-2H3,(H,9,10,11). The van der Waals surface area contributed by atoms with E-state index in [0.29, 0.717) is 12.3 Å². The minimum Gasteiger partial charge on any atom is -0.393 e. The van der Waals surface area contributed by atoms with Gasteiger partial charge in [0.2, 0.25) is 0 Å². The van der Waals surface area contributed by atoms with E-state index < -0.39 is 0 Å². The summed E-state index contributed by atoms with van der Waals surface area (Å²) in [5.74, 6) is 0.520. The van der Waals surface area contributed by atoms with E-state index in [2.05, 4.69) is 29.3 Å². The van der Waals surface area contributed by atoms with Crippen LogP contribution < -0.4 is 0 Å². The zero-order valence-corrected chi connectivity index (χ0v) is 7.49. The van der Waals surface area contributed by atoms with Gasteiger partial charge in [0.25, 0.3) is 0 Å². The van der Waals surface area contributed by atoms with Gasteiger partial charge in [-0.2, -0.15) is 0 Å². The van der Waals surface area contributed by atoms with Gasteiger partial charge < -0.3 is 5.11 Å². The molecule has 12 heavy (non-hydrogen) atoms. The zero-order chi connectivity index (χ0) is 8.97. The zero-order valence-electron chi connectivity index (χ0n) is 7.49. The lowest BCUT2D eigenvalue weighted by Gasteiger charge is -2.10. The highest BCUT2D eigenvalue weighted by Gasteiger charge is 2.08. The average Bonchev–Trinajstić information content (AvgIpc) is 2.37. The van der Waals surface area contributed by atoms with Crippen molar-refractivity contribution in [3.8, 4) is 0 Å². The molecule has 0 aliphatic heterocycles. The van der Waals surface area contributed by atoms with Crippen molar-refractivity contribution in [2.75, 3.05) is 0 Å². The van der Waals surface area contributed by atoms with Crippen molar-refractivity contribution in [3.05, 3.63) is 11.9 Å². The molecule has 2 N–H and O–H groups in total. The quantitative estimate of drug-likeness (QED) is 0.699. The highest BCUT2D eigenvalue weighted by Crippen LogP contribution is 2.08. The Morgan fingerprint density at radius 3 is 2.83 bits per heavy atom. The van der Waals surface area contributed by atoms with Gasteiger partial charge in [-0.25, -0.2) is 0 Å². The third kappa shape index (κ3) is 3.00. The van der Waals surface area contributed by atoms with Gasteiger partial charge in [-0.15, -0.1) is 5.10 Å². The molecule has 0 aromatic carbocycles. The van der Waals surface area contributed by atoms with Gasteiger partial charge in [0, 0.05) is 12.6 Å². The summed E-state index contributed by atoms with van der Waals surface area (Å²) in [5, 5.41) is 19.5. The molecule has 0 aliphatic carbocycles. The van der Waals surface area contributed by atoms with Gasteiger partial charge in [-0.1, -0.05) is 19.1 Å². The molecule has 0 fully saturated rings. The summed E-state index contributed by atoms with van der Waals surface area (Å²) in [6.07, 6.45) is 2.82. The Hall–Kier alpha value is -0.900. The molecule has 1 unspecified atom stereocenters. The number of nitrogens with one attached hydrogen (secondary N) is 1. The molecule has 0 bridgehead atoms. The normalized spacial score (nSPS) is 13.7. The van der Waals surface area contributed by atoms with E-state index in [0.717, 1.165) is 12.1 Å². The monoisotopic (exact) mass is 169 g/mol. The molecule has 1 atom stereocenters. The molecule has 0 radical (unpaired) electrons. The van der Waals surface area contributed by atoms with Crippen molar-refractivity contribution in [3.63, 3.8) is 0 Å². The molecular weight excluding hydrogens is 154 g/mol. The number of rotatable bonds is 4. The van der Waals surface area contributed by atoms with Crippen LogP contribution >= 0.6 is 0 Å². The number of H-pyrrole nitrogens is 1. The Morgan fingerprint density at radius 1 is 1.58 bits per heavy atom. The number of aromatic amines is 1. The Balaban J connectivity index is 2.32. The molecule has 0 aliphatic rings. The summed E-state index contributed by atoms with van der Waals surface area (Å²) < 4.78 is 0.